The first-order valence-electron chi connectivity index (χ1n) is 8.42. The molecule has 0 unspecified atom stereocenters. The monoisotopic (exact) mass is 367 g/mol. The van der Waals surface area contributed by atoms with E-state index < -0.39 is 0 Å². The van der Waals surface area contributed by atoms with Gasteiger partial charge in [0.25, 0.3) is 0 Å². The fraction of sp³-hybridized carbons (Fsp3) is 0.250. The largest absolute Gasteiger partial charge is 0.497 e. The Bertz CT molecular complexity index is 888. The molecule has 1 amide bonds. The quantitative estimate of drug-likeness (QED) is 0.696. The van der Waals surface area contributed by atoms with Crippen LogP contribution in [-0.2, 0) is 11.2 Å². The number of methoxy groups -OCH3 is 1. The van der Waals surface area contributed by atoms with E-state index in [4.69, 9.17) is 4.74 Å². The second kappa shape index (κ2) is 8.10. The molecule has 1 N–H and O–H groups in total. The van der Waals surface area contributed by atoms with E-state index in [-0.39, 0.29) is 12.3 Å². The molecule has 0 atom stereocenters. The van der Waals surface area contributed by atoms with Crippen LogP contribution in [0.25, 0.3) is 10.6 Å². The molecule has 0 bridgehead atoms. The molecular weight excluding hydrogens is 346 g/mol. The number of carbonyl (C=O) groups is 1. The molecule has 0 radical (unpaired) electrons. The fourth-order valence-electron chi connectivity index (χ4n) is 2.53. The van der Waals surface area contributed by atoms with Crippen molar-refractivity contribution >= 4 is 22.4 Å². The predicted octanol–water partition coefficient (Wildman–Crippen LogP) is 4.52. The Morgan fingerprint density at radius 2 is 1.92 bits per heavy atom. The lowest BCUT2D eigenvalue weighted by Gasteiger charge is -2.05. The summed E-state index contributed by atoms with van der Waals surface area (Å²) in [7, 11) is 1.61. The summed E-state index contributed by atoms with van der Waals surface area (Å²) in [6, 6.07) is 15.7. The first kappa shape index (κ1) is 18.1. The molecular formula is C20H21N3O2S. The van der Waals surface area contributed by atoms with Crippen molar-refractivity contribution in [2.45, 2.75) is 26.2 Å². The van der Waals surface area contributed by atoms with Crippen LogP contribution >= 0.6 is 11.3 Å². The Balaban J connectivity index is 1.65. The number of benzene rings is 2. The molecule has 3 aromatic rings. The van der Waals surface area contributed by atoms with Gasteiger partial charge in [-0.15, -0.1) is 10.2 Å². The highest BCUT2D eigenvalue weighted by Crippen LogP contribution is 2.27. The van der Waals surface area contributed by atoms with E-state index in [9.17, 15) is 4.79 Å². The summed E-state index contributed by atoms with van der Waals surface area (Å²) in [4.78, 5) is 12.2. The van der Waals surface area contributed by atoms with Crippen molar-refractivity contribution in [2.75, 3.05) is 12.4 Å². The minimum atomic E-state index is -0.129. The molecule has 1 heterocycles. The van der Waals surface area contributed by atoms with E-state index in [1.54, 1.807) is 7.11 Å². The first-order chi connectivity index (χ1) is 12.5. The molecule has 134 valence electrons. The highest BCUT2D eigenvalue weighted by molar-refractivity contribution is 7.18. The van der Waals surface area contributed by atoms with Crippen LogP contribution in [0.1, 0.15) is 30.9 Å². The van der Waals surface area contributed by atoms with Crippen LogP contribution < -0.4 is 10.1 Å². The number of aromatic nitrogens is 2. The van der Waals surface area contributed by atoms with Crippen molar-refractivity contribution in [1.29, 1.82) is 0 Å². The number of hydrogen-bond donors (Lipinski definition) is 1. The Kier molecular flexibility index (Phi) is 5.63. The van der Waals surface area contributed by atoms with E-state index in [2.05, 4.69) is 41.5 Å². The number of amides is 1. The maximum absolute atomic E-state index is 12.2. The van der Waals surface area contributed by atoms with Gasteiger partial charge in [-0.2, -0.15) is 0 Å². The molecule has 0 aliphatic heterocycles. The van der Waals surface area contributed by atoms with Crippen molar-refractivity contribution in [3.63, 3.8) is 0 Å². The van der Waals surface area contributed by atoms with Crippen LogP contribution in [0.15, 0.2) is 48.5 Å². The lowest BCUT2D eigenvalue weighted by atomic mass is 10.0. The van der Waals surface area contributed by atoms with Crippen LogP contribution in [0.4, 0.5) is 5.13 Å². The topological polar surface area (TPSA) is 64.1 Å². The van der Waals surface area contributed by atoms with Gasteiger partial charge < -0.3 is 10.1 Å². The maximum atomic E-state index is 12.2. The molecule has 6 heteroatoms. The molecule has 0 spiro atoms. The van der Waals surface area contributed by atoms with Gasteiger partial charge in [-0.1, -0.05) is 61.6 Å². The number of rotatable bonds is 6. The highest BCUT2D eigenvalue weighted by Gasteiger charge is 2.11. The van der Waals surface area contributed by atoms with Crippen LogP contribution in [-0.4, -0.2) is 23.2 Å². The number of carbonyl (C=O) groups excluding carboxylic acids is 1. The van der Waals surface area contributed by atoms with E-state index in [0.717, 1.165) is 21.9 Å². The predicted molar refractivity (Wildman–Crippen MR) is 105 cm³/mol. The van der Waals surface area contributed by atoms with Gasteiger partial charge in [0.15, 0.2) is 0 Å². The van der Waals surface area contributed by atoms with Crippen molar-refractivity contribution in [3.8, 4) is 16.3 Å². The zero-order valence-corrected chi connectivity index (χ0v) is 15.8. The van der Waals surface area contributed by atoms with E-state index in [0.29, 0.717) is 11.0 Å². The molecule has 3 rings (SSSR count). The third kappa shape index (κ3) is 4.46. The molecule has 1 aromatic heterocycles. The number of ether oxygens (including phenoxy) is 1. The summed E-state index contributed by atoms with van der Waals surface area (Å²) < 4.78 is 5.18. The molecule has 0 aliphatic carbocycles. The van der Waals surface area contributed by atoms with Crippen molar-refractivity contribution in [2.24, 2.45) is 0 Å². The highest BCUT2D eigenvalue weighted by atomic mass is 32.1. The van der Waals surface area contributed by atoms with Crippen LogP contribution in [0.5, 0.6) is 5.75 Å². The van der Waals surface area contributed by atoms with Gasteiger partial charge in [0.2, 0.25) is 11.0 Å². The maximum Gasteiger partial charge on any atom is 0.230 e. The van der Waals surface area contributed by atoms with Gasteiger partial charge in [-0.25, -0.2) is 0 Å². The zero-order valence-electron chi connectivity index (χ0n) is 15.0. The van der Waals surface area contributed by atoms with E-state index in [1.807, 2.05) is 36.4 Å². The summed E-state index contributed by atoms with van der Waals surface area (Å²) in [6.07, 6.45) is 0.259. The summed E-state index contributed by atoms with van der Waals surface area (Å²) >= 11 is 1.37. The van der Waals surface area contributed by atoms with E-state index >= 15 is 0 Å². The SMILES string of the molecule is COc1cccc(CC(=O)Nc2nnc(-c3ccc(C(C)C)cc3)s2)c1. The smallest absolute Gasteiger partial charge is 0.230 e. The van der Waals surface area contributed by atoms with Crippen LogP contribution in [0, 0.1) is 0 Å². The minimum absolute atomic E-state index is 0.129. The van der Waals surface area contributed by atoms with Crippen molar-refractivity contribution < 1.29 is 9.53 Å². The Morgan fingerprint density at radius 1 is 1.15 bits per heavy atom. The average Bonchev–Trinajstić information content (AvgIpc) is 3.10. The Labute approximate surface area is 157 Å². The van der Waals surface area contributed by atoms with Gasteiger partial charge in [-0.05, 0) is 29.2 Å². The third-order valence-corrected chi connectivity index (χ3v) is 4.88. The normalized spacial score (nSPS) is 10.8. The summed E-state index contributed by atoms with van der Waals surface area (Å²) in [5.74, 6) is 1.10. The number of nitrogens with one attached hydrogen (secondary N) is 1. The van der Waals surface area contributed by atoms with Crippen LogP contribution in [0.2, 0.25) is 0 Å². The number of nitrogens with zero attached hydrogens (tertiary/aromatic N) is 2. The summed E-state index contributed by atoms with van der Waals surface area (Å²) in [5.41, 5.74) is 3.17. The zero-order chi connectivity index (χ0) is 18.5. The minimum Gasteiger partial charge on any atom is -0.497 e. The summed E-state index contributed by atoms with van der Waals surface area (Å²) in [6.45, 7) is 4.33. The molecule has 0 fully saturated rings. The molecule has 0 saturated carbocycles. The van der Waals surface area contributed by atoms with Crippen molar-refractivity contribution in [1.82, 2.24) is 10.2 Å². The lowest BCUT2D eigenvalue weighted by Crippen LogP contribution is -2.14. The number of anilines is 1. The van der Waals surface area contributed by atoms with Gasteiger partial charge in [-0.3, -0.25) is 4.79 Å². The second-order valence-electron chi connectivity index (χ2n) is 6.27. The van der Waals surface area contributed by atoms with Gasteiger partial charge in [0.05, 0.1) is 13.5 Å². The molecule has 26 heavy (non-hydrogen) atoms. The molecule has 0 saturated heterocycles. The first-order valence-corrected chi connectivity index (χ1v) is 9.23. The number of hydrogen-bond acceptors (Lipinski definition) is 5. The second-order valence-corrected chi connectivity index (χ2v) is 7.24. The van der Waals surface area contributed by atoms with Crippen molar-refractivity contribution in [3.05, 3.63) is 59.7 Å². The van der Waals surface area contributed by atoms with Gasteiger partial charge >= 0.3 is 0 Å². The van der Waals surface area contributed by atoms with Gasteiger partial charge in [0, 0.05) is 5.56 Å². The third-order valence-electron chi connectivity index (χ3n) is 3.99. The molecule has 5 nitrogen and oxygen atoms in total. The lowest BCUT2D eigenvalue weighted by molar-refractivity contribution is -0.115. The standard InChI is InChI=1S/C20H21N3O2S/c1-13(2)15-7-9-16(10-8-15)19-22-23-20(26-19)21-18(24)12-14-5-4-6-17(11-14)25-3/h4-11,13H,12H2,1-3H3,(H,21,23,24). The molecule has 0 aliphatic rings. The van der Waals surface area contributed by atoms with Gasteiger partial charge in [0.1, 0.15) is 10.8 Å². The Morgan fingerprint density at radius 3 is 2.62 bits per heavy atom. The Hall–Kier alpha value is -2.73. The molecule has 2 aromatic carbocycles. The average molecular weight is 367 g/mol. The fourth-order valence-corrected chi connectivity index (χ4v) is 3.30. The summed E-state index contributed by atoms with van der Waals surface area (Å²) in [5, 5.41) is 12.4. The van der Waals surface area contributed by atoms with E-state index in [1.165, 1.54) is 16.9 Å². The van der Waals surface area contributed by atoms with Crippen LogP contribution in [0.3, 0.4) is 0 Å².